The molecule has 0 bridgehead atoms. The van der Waals surface area contributed by atoms with Crippen LogP contribution in [-0.2, 0) is 10.0 Å². The molecule has 1 aromatic rings. The molecule has 0 aromatic heterocycles. The van der Waals surface area contributed by atoms with Crippen molar-refractivity contribution in [3.8, 4) is 0 Å². The predicted molar refractivity (Wildman–Crippen MR) is 84.4 cm³/mol. The predicted octanol–water partition coefficient (Wildman–Crippen LogP) is 2.75. The zero-order valence-corrected chi connectivity index (χ0v) is 14.0. The lowest BCUT2D eigenvalue weighted by atomic mass is 10.1. The molecule has 0 unspecified atom stereocenters. The van der Waals surface area contributed by atoms with Crippen LogP contribution >= 0.6 is 35.6 Å². The Morgan fingerprint density at radius 2 is 2.05 bits per heavy atom. The first kappa shape index (κ1) is 18.7. The van der Waals surface area contributed by atoms with Crippen LogP contribution < -0.4 is 10.0 Å². The Hall–Kier alpha value is -0.370. The maximum atomic E-state index is 13.5. The minimum Gasteiger partial charge on any atom is -0.313 e. The monoisotopic (exact) mass is 374 g/mol. The Morgan fingerprint density at radius 3 is 2.67 bits per heavy atom. The number of hydrogen-bond acceptors (Lipinski definition) is 3. The molecule has 4 nitrogen and oxygen atoms in total. The quantitative estimate of drug-likeness (QED) is 0.628. The van der Waals surface area contributed by atoms with Gasteiger partial charge in [0.1, 0.15) is 4.90 Å². The van der Waals surface area contributed by atoms with Gasteiger partial charge in [-0.05, 0) is 25.1 Å². The summed E-state index contributed by atoms with van der Waals surface area (Å²) in [5.41, 5.74) is 0.984. The SMILES string of the molecule is Cl.O=S(=O)(NCC1=CCNCC1)c1ccc(Cl)c(F)c1Cl. The van der Waals surface area contributed by atoms with Gasteiger partial charge in [-0.15, -0.1) is 12.4 Å². The van der Waals surface area contributed by atoms with E-state index in [1.54, 1.807) is 0 Å². The molecule has 118 valence electrons. The average molecular weight is 376 g/mol. The maximum Gasteiger partial charge on any atom is 0.242 e. The van der Waals surface area contributed by atoms with Crippen LogP contribution in [-0.4, -0.2) is 28.1 Å². The maximum absolute atomic E-state index is 13.5. The fourth-order valence-electron chi connectivity index (χ4n) is 1.81. The molecule has 0 saturated carbocycles. The highest BCUT2D eigenvalue weighted by Gasteiger charge is 2.22. The average Bonchev–Trinajstić information content (AvgIpc) is 2.44. The summed E-state index contributed by atoms with van der Waals surface area (Å²) in [4.78, 5) is -0.310. The minimum absolute atomic E-state index is 0. The van der Waals surface area contributed by atoms with Crippen molar-refractivity contribution in [3.63, 3.8) is 0 Å². The number of benzene rings is 1. The molecule has 21 heavy (non-hydrogen) atoms. The molecular formula is C12H14Cl3FN2O2S. The molecule has 1 aliphatic rings. The van der Waals surface area contributed by atoms with E-state index < -0.39 is 20.9 Å². The van der Waals surface area contributed by atoms with Crippen LogP contribution in [0.2, 0.25) is 10.0 Å². The van der Waals surface area contributed by atoms with Gasteiger partial charge in [-0.25, -0.2) is 17.5 Å². The Morgan fingerprint density at radius 1 is 1.33 bits per heavy atom. The molecule has 2 N–H and O–H groups in total. The zero-order chi connectivity index (χ0) is 14.8. The Labute approximate surface area is 139 Å². The first-order valence-electron chi connectivity index (χ1n) is 5.93. The van der Waals surface area contributed by atoms with Gasteiger partial charge in [0.05, 0.1) is 10.0 Å². The molecule has 0 radical (unpaired) electrons. The lowest BCUT2D eigenvalue weighted by Crippen LogP contribution is -2.30. The first-order valence-corrected chi connectivity index (χ1v) is 8.17. The Bertz CT molecular complexity index is 650. The lowest BCUT2D eigenvalue weighted by molar-refractivity contribution is 0.578. The Kier molecular flexibility index (Phi) is 6.90. The number of hydrogen-bond donors (Lipinski definition) is 2. The van der Waals surface area contributed by atoms with Crippen molar-refractivity contribution in [2.45, 2.75) is 11.3 Å². The molecule has 1 aliphatic heterocycles. The van der Waals surface area contributed by atoms with Crippen molar-refractivity contribution >= 4 is 45.6 Å². The van der Waals surface area contributed by atoms with E-state index >= 15 is 0 Å². The summed E-state index contributed by atoms with van der Waals surface area (Å²) in [6, 6.07) is 2.36. The largest absolute Gasteiger partial charge is 0.313 e. The highest BCUT2D eigenvalue weighted by molar-refractivity contribution is 7.89. The van der Waals surface area contributed by atoms with E-state index in [1.807, 2.05) is 6.08 Å². The third-order valence-electron chi connectivity index (χ3n) is 2.94. The fraction of sp³-hybridized carbons (Fsp3) is 0.333. The second kappa shape index (κ2) is 7.76. The smallest absolute Gasteiger partial charge is 0.242 e. The van der Waals surface area contributed by atoms with Crippen molar-refractivity contribution < 1.29 is 12.8 Å². The van der Waals surface area contributed by atoms with E-state index in [9.17, 15) is 12.8 Å². The van der Waals surface area contributed by atoms with Crippen LogP contribution in [0, 0.1) is 5.82 Å². The van der Waals surface area contributed by atoms with E-state index in [0.717, 1.165) is 18.5 Å². The van der Waals surface area contributed by atoms with Crippen LogP contribution in [0.25, 0.3) is 0 Å². The normalized spacial score (nSPS) is 15.3. The molecule has 0 atom stereocenters. The van der Waals surface area contributed by atoms with Crippen molar-refractivity contribution in [2.24, 2.45) is 0 Å². The summed E-state index contributed by atoms with van der Waals surface area (Å²) in [5.74, 6) is -0.933. The van der Waals surface area contributed by atoms with Gasteiger partial charge in [0.2, 0.25) is 10.0 Å². The van der Waals surface area contributed by atoms with Gasteiger partial charge in [-0.3, -0.25) is 0 Å². The van der Waals surface area contributed by atoms with Gasteiger partial charge in [0.15, 0.2) is 5.82 Å². The summed E-state index contributed by atoms with van der Waals surface area (Å²) >= 11 is 11.2. The number of nitrogens with one attached hydrogen (secondary N) is 2. The second-order valence-electron chi connectivity index (χ2n) is 4.31. The van der Waals surface area contributed by atoms with Crippen LogP contribution in [0.3, 0.4) is 0 Å². The molecule has 0 saturated heterocycles. The van der Waals surface area contributed by atoms with E-state index in [2.05, 4.69) is 10.0 Å². The van der Waals surface area contributed by atoms with E-state index in [-0.39, 0.29) is 28.9 Å². The van der Waals surface area contributed by atoms with Crippen LogP contribution in [0.4, 0.5) is 4.39 Å². The van der Waals surface area contributed by atoms with Gasteiger partial charge in [-0.2, -0.15) is 0 Å². The number of rotatable bonds is 4. The first-order chi connectivity index (χ1) is 9.42. The Balaban J connectivity index is 0.00000220. The van der Waals surface area contributed by atoms with Gasteiger partial charge in [0, 0.05) is 13.1 Å². The summed E-state index contributed by atoms with van der Waals surface area (Å²) in [6.07, 6.45) is 2.70. The van der Waals surface area contributed by atoms with Crippen molar-refractivity contribution in [3.05, 3.63) is 39.6 Å². The zero-order valence-electron chi connectivity index (χ0n) is 10.8. The second-order valence-corrected chi connectivity index (χ2v) is 6.84. The van der Waals surface area contributed by atoms with Gasteiger partial charge >= 0.3 is 0 Å². The molecular weight excluding hydrogens is 362 g/mol. The van der Waals surface area contributed by atoms with E-state index in [1.165, 1.54) is 12.1 Å². The van der Waals surface area contributed by atoms with E-state index in [0.29, 0.717) is 6.54 Å². The van der Waals surface area contributed by atoms with Crippen molar-refractivity contribution in [1.82, 2.24) is 10.0 Å². The number of sulfonamides is 1. The molecule has 0 fully saturated rings. The summed E-state index contributed by atoms with van der Waals surface area (Å²) in [7, 11) is -3.87. The molecule has 9 heteroatoms. The van der Waals surface area contributed by atoms with Gasteiger partial charge in [-0.1, -0.05) is 34.9 Å². The molecule has 0 aliphatic carbocycles. The third-order valence-corrected chi connectivity index (χ3v) is 5.15. The van der Waals surface area contributed by atoms with Crippen molar-refractivity contribution in [2.75, 3.05) is 19.6 Å². The van der Waals surface area contributed by atoms with Crippen LogP contribution in [0.1, 0.15) is 6.42 Å². The van der Waals surface area contributed by atoms with Crippen molar-refractivity contribution in [1.29, 1.82) is 0 Å². The molecule has 1 heterocycles. The van der Waals surface area contributed by atoms with E-state index in [4.69, 9.17) is 23.2 Å². The van der Waals surface area contributed by atoms with Gasteiger partial charge in [0.25, 0.3) is 0 Å². The van der Waals surface area contributed by atoms with Gasteiger partial charge < -0.3 is 5.32 Å². The third kappa shape index (κ3) is 4.55. The fourth-order valence-corrected chi connectivity index (χ4v) is 3.59. The minimum atomic E-state index is -3.87. The molecule has 0 amide bonds. The standard InChI is InChI=1S/C12H13Cl2FN2O2S.ClH/c13-9-1-2-10(11(14)12(9)15)20(18,19)17-7-8-3-5-16-6-4-8;/h1-3,16-17H,4-7H2;1H. The lowest BCUT2D eigenvalue weighted by Gasteiger charge is -2.15. The van der Waals surface area contributed by atoms with Crippen LogP contribution in [0.5, 0.6) is 0 Å². The summed E-state index contributed by atoms with van der Waals surface area (Å²) in [6.45, 7) is 1.71. The molecule has 2 rings (SSSR count). The van der Waals surface area contributed by atoms with Crippen LogP contribution in [0.15, 0.2) is 28.7 Å². The molecule has 1 aromatic carbocycles. The highest BCUT2D eigenvalue weighted by Crippen LogP contribution is 2.29. The topological polar surface area (TPSA) is 58.2 Å². The summed E-state index contributed by atoms with van der Waals surface area (Å²) < 4.78 is 40.2. The highest BCUT2D eigenvalue weighted by atomic mass is 35.5. The summed E-state index contributed by atoms with van der Waals surface area (Å²) in [5, 5.41) is 2.42. The number of halogens is 4. The molecule has 0 spiro atoms.